The highest BCUT2D eigenvalue weighted by molar-refractivity contribution is 6.47. The van der Waals surface area contributed by atoms with Crippen LogP contribution in [-0.2, 0) is 19.1 Å². The Morgan fingerprint density at radius 2 is 0.891 bits per heavy atom. The molecule has 0 aliphatic rings. The summed E-state index contributed by atoms with van der Waals surface area (Å²) in [4.78, 5) is 51.7. The Hall–Kier alpha value is -1.94. The standard InChI is InChI=1S/C32H36Cl6O8/c1-17(2)11-7-5-9-13-43-29(39)23-25(37)19(33)15-21(35)27(23)45-31(41)32(42)46-28-22(36)16-20(34)26(38)24(28)30(40)44-14-10-6-8-12-18(3)4/h15-18H,5-14H2,1-4H3. The maximum Gasteiger partial charge on any atom is 0.423 e. The summed E-state index contributed by atoms with van der Waals surface area (Å²) in [6, 6.07) is 2.24. The first-order valence-corrected chi connectivity index (χ1v) is 17.1. The van der Waals surface area contributed by atoms with Gasteiger partial charge in [-0.2, -0.15) is 0 Å². The van der Waals surface area contributed by atoms with E-state index < -0.39 is 46.5 Å². The van der Waals surface area contributed by atoms with Crippen LogP contribution < -0.4 is 9.47 Å². The van der Waals surface area contributed by atoms with Crippen LogP contribution in [0.3, 0.4) is 0 Å². The third-order valence-electron chi connectivity index (χ3n) is 6.54. The van der Waals surface area contributed by atoms with Crippen LogP contribution in [0.15, 0.2) is 12.1 Å². The summed E-state index contributed by atoms with van der Waals surface area (Å²) >= 11 is 37.2. The van der Waals surface area contributed by atoms with Gasteiger partial charge in [-0.15, -0.1) is 0 Å². The number of unbranched alkanes of at least 4 members (excludes halogenated alkanes) is 4. The lowest BCUT2D eigenvalue weighted by Gasteiger charge is -2.15. The summed E-state index contributed by atoms with van der Waals surface area (Å²) in [6.07, 6.45) is 6.82. The minimum Gasteiger partial charge on any atom is -0.462 e. The van der Waals surface area contributed by atoms with Crippen LogP contribution >= 0.6 is 69.6 Å². The average Bonchev–Trinajstić information content (AvgIpc) is 2.97. The fourth-order valence-corrected chi connectivity index (χ4v) is 5.57. The maximum atomic E-state index is 13.0. The second-order valence-electron chi connectivity index (χ2n) is 11.3. The Balaban J connectivity index is 2.21. The zero-order valence-electron chi connectivity index (χ0n) is 25.9. The van der Waals surface area contributed by atoms with E-state index in [9.17, 15) is 19.2 Å². The van der Waals surface area contributed by atoms with Crippen molar-refractivity contribution in [1.29, 1.82) is 0 Å². The first kappa shape index (κ1) is 40.2. The number of hydrogen-bond donors (Lipinski definition) is 0. The third kappa shape index (κ3) is 12.3. The van der Waals surface area contributed by atoms with E-state index in [-0.39, 0.29) is 43.3 Å². The van der Waals surface area contributed by atoms with Gasteiger partial charge in [-0.05, 0) is 36.8 Å². The molecule has 14 heteroatoms. The molecule has 0 saturated carbocycles. The summed E-state index contributed by atoms with van der Waals surface area (Å²) in [5, 5.41) is -1.50. The molecule has 0 amide bonds. The molecule has 0 bridgehead atoms. The summed E-state index contributed by atoms with van der Waals surface area (Å²) in [7, 11) is 0. The number of rotatable bonds is 16. The predicted molar refractivity (Wildman–Crippen MR) is 181 cm³/mol. The molecular formula is C32H36Cl6O8. The van der Waals surface area contributed by atoms with E-state index in [1.165, 1.54) is 0 Å². The maximum absolute atomic E-state index is 13.0. The molecule has 0 unspecified atom stereocenters. The lowest BCUT2D eigenvalue weighted by Crippen LogP contribution is -2.27. The van der Waals surface area contributed by atoms with Crippen molar-refractivity contribution in [2.24, 2.45) is 11.8 Å². The van der Waals surface area contributed by atoms with Crippen LogP contribution in [0.2, 0.25) is 30.1 Å². The van der Waals surface area contributed by atoms with Gasteiger partial charge >= 0.3 is 23.9 Å². The lowest BCUT2D eigenvalue weighted by atomic mass is 10.1. The van der Waals surface area contributed by atoms with Crippen molar-refractivity contribution in [2.75, 3.05) is 13.2 Å². The normalized spacial score (nSPS) is 11.1. The zero-order valence-corrected chi connectivity index (χ0v) is 30.4. The first-order chi connectivity index (χ1) is 21.6. The molecule has 0 N–H and O–H groups in total. The van der Waals surface area contributed by atoms with Gasteiger partial charge in [0.2, 0.25) is 0 Å². The Kier molecular flexibility index (Phi) is 17.3. The topological polar surface area (TPSA) is 105 Å². The van der Waals surface area contributed by atoms with Crippen molar-refractivity contribution >= 4 is 93.5 Å². The van der Waals surface area contributed by atoms with E-state index in [4.69, 9.17) is 88.6 Å². The van der Waals surface area contributed by atoms with Crippen molar-refractivity contribution in [3.63, 3.8) is 0 Å². The molecule has 0 radical (unpaired) electrons. The van der Waals surface area contributed by atoms with Gasteiger partial charge in [0.1, 0.15) is 11.1 Å². The zero-order chi connectivity index (χ0) is 34.6. The lowest BCUT2D eigenvalue weighted by molar-refractivity contribution is -0.156. The summed E-state index contributed by atoms with van der Waals surface area (Å²) in [5.74, 6) is -5.29. The summed E-state index contributed by atoms with van der Waals surface area (Å²) in [5.41, 5.74) is -0.930. The highest BCUT2D eigenvalue weighted by atomic mass is 35.5. The van der Waals surface area contributed by atoms with Crippen LogP contribution in [0, 0.1) is 11.8 Å². The van der Waals surface area contributed by atoms with Gasteiger partial charge in [0.05, 0.1) is 43.3 Å². The number of hydrogen-bond acceptors (Lipinski definition) is 8. The van der Waals surface area contributed by atoms with Gasteiger partial charge < -0.3 is 18.9 Å². The number of halogens is 6. The first-order valence-electron chi connectivity index (χ1n) is 14.8. The number of esters is 4. The summed E-state index contributed by atoms with van der Waals surface area (Å²) in [6.45, 7) is 8.58. The van der Waals surface area contributed by atoms with Crippen LogP contribution in [0.1, 0.15) is 99.8 Å². The predicted octanol–water partition coefficient (Wildman–Crippen LogP) is 10.9. The van der Waals surface area contributed by atoms with Crippen LogP contribution in [0.4, 0.5) is 0 Å². The minimum atomic E-state index is -1.64. The van der Waals surface area contributed by atoms with Gasteiger partial charge in [0, 0.05) is 0 Å². The van der Waals surface area contributed by atoms with Crippen molar-refractivity contribution in [1.82, 2.24) is 0 Å². The van der Waals surface area contributed by atoms with Gasteiger partial charge in [0.15, 0.2) is 11.5 Å². The van der Waals surface area contributed by atoms with Gasteiger partial charge in [0.25, 0.3) is 0 Å². The molecule has 2 aromatic rings. The minimum absolute atomic E-state index is 0.0550. The van der Waals surface area contributed by atoms with Crippen molar-refractivity contribution in [3.8, 4) is 11.5 Å². The van der Waals surface area contributed by atoms with E-state index in [1.54, 1.807) is 0 Å². The van der Waals surface area contributed by atoms with Gasteiger partial charge in [-0.3, -0.25) is 0 Å². The van der Waals surface area contributed by atoms with Crippen LogP contribution in [-0.4, -0.2) is 37.1 Å². The molecule has 0 heterocycles. The highest BCUT2D eigenvalue weighted by Gasteiger charge is 2.32. The number of benzene rings is 2. The molecule has 254 valence electrons. The largest absolute Gasteiger partial charge is 0.462 e. The smallest absolute Gasteiger partial charge is 0.423 e. The second-order valence-corrected chi connectivity index (χ2v) is 13.6. The molecular weight excluding hydrogens is 725 g/mol. The summed E-state index contributed by atoms with van der Waals surface area (Å²) < 4.78 is 20.9. The van der Waals surface area contributed by atoms with Gasteiger partial charge in [-0.1, -0.05) is 136 Å². The highest BCUT2D eigenvalue weighted by Crippen LogP contribution is 2.41. The fraction of sp³-hybridized carbons (Fsp3) is 0.500. The second kappa shape index (κ2) is 19.8. The van der Waals surface area contributed by atoms with Crippen molar-refractivity contribution < 1.29 is 38.1 Å². The fourth-order valence-electron chi connectivity index (χ4n) is 4.13. The SMILES string of the molecule is CC(C)CCCCCOC(=O)c1c(Cl)c(Cl)cc(Cl)c1OC(=O)C(=O)Oc1c(Cl)cc(Cl)c(Cl)c1C(=O)OCCCCCC(C)C. The Bertz CT molecular complexity index is 1300. The molecule has 0 aliphatic carbocycles. The molecule has 0 aliphatic heterocycles. The molecule has 0 saturated heterocycles. The number of ether oxygens (including phenoxy) is 4. The Morgan fingerprint density at radius 1 is 0.543 bits per heavy atom. The number of carbonyl (C=O) groups is 4. The molecule has 2 aromatic carbocycles. The van der Waals surface area contributed by atoms with Crippen LogP contribution in [0.5, 0.6) is 11.5 Å². The monoisotopic (exact) mass is 758 g/mol. The number of carbonyl (C=O) groups excluding carboxylic acids is 4. The molecule has 0 aromatic heterocycles. The van der Waals surface area contributed by atoms with E-state index in [2.05, 4.69) is 27.7 Å². The van der Waals surface area contributed by atoms with E-state index in [0.29, 0.717) is 24.7 Å². The average molecular weight is 761 g/mol. The van der Waals surface area contributed by atoms with Crippen LogP contribution in [0.25, 0.3) is 0 Å². The molecule has 2 rings (SSSR count). The van der Waals surface area contributed by atoms with E-state index in [1.807, 2.05) is 0 Å². The third-order valence-corrected chi connectivity index (χ3v) is 8.67. The molecule has 8 nitrogen and oxygen atoms in total. The van der Waals surface area contributed by atoms with E-state index >= 15 is 0 Å². The van der Waals surface area contributed by atoms with Gasteiger partial charge in [-0.25, -0.2) is 19.2 Å². The molecule has 0 atom stereocenters. The molecule has 0 fully saturated rings. The van der Waals surface area contributed by atoms with Crippen molar-refractivity contribution in [2.45, 2.75) is 79.1 Å². The Morgan fingerprint density at radius 3 is 1.22 bits per heavy atom. The molecule has 0 spiro atoms. The Labute approximate surface area is 299 Å². The quantitative estimate of drug-likeness (QED) is 0.0547. The molecule has 46 heavy (non-hydrogen) atoms. The van der Waals surface area contributed by atoms with E-state index in [0.717, 1.165) is 50.7 Å². The van der Waals surface area contributed by atoms with Crippen molar-refractivity contribution in [3.05, 3.63) is 53.4 Å².